The highest BCUT2D eigenvalue weighted by Crippen LogP contribution is 2.14. The zero-order chi connectivity index (χ0) is 12.4. The van der Waals surface area contributed by atoms with Crippen molar-refractivity contribution in [1.82, 2.24) is 14.8 Å². The number of nitrogen functional groups attached to an aromatic ring is 1. The number of halogens is 1. The van der Waals surface area contributed by atoms with Gasteiger partial charge in [0.1, 0.15) is 11.5 Å². The van der Waals surface area contributed by atoms with Crippen LogP contribution in [0.25, 0.3) is 0 Å². The van der Waals surface area contributed by atoms with Crippen LogP contribution < -0.4 is 5.73 Å². The summed E-state index contributed by atoms with van der Waals surface area (Å²) < 4.78 is 1.79. The number of nitrogens with two attached hydrogens (primary N) is 1. The SMILES string of the molecule is Cc1c(Cl)cnn1Cc1ccnc(C(=N)N)c1. The van der Waals surface area contributed by atoms with Gasteiger partial charge in [0.2, 0.25) is 0 Å². The molecule has 2 aromatic rings. The second-order valence-electron chi connectivity index (χ2n) is 3.70. The Morgan fingerprint density at radius 3 is 2.94 bits per heavy atom. The lowest BCUT2D eigenvalue weighted by molar-refractivity contribution is 0.664. The van der Waals surface area contributed by atoms with Gasteiger partial charge in [-0.25, -0.2) is 0 Å². The largest absolute Gasteiger partial charge is 0.382 e. The fourth-order valence-corrected chi connectivity index (χ4v) is 1.62. The topological polar surface area (TPSA) is 80.6 Å². The first kappa shape index (κ1) is 11.6. The van der Waals surface area contributed by atoms with Crippen molar-refractivity contribution in [2.45, 2.75) is 13.5 Å². The van der Waals surface area contributed by atoms with Crippen LogP contribution in [0.5, 0.6) is 0 Å². The van der Waals surface area contributed by atoms with Gasteiger partial charge in [0.05, 0.1) is 23.5 Å². The Hall–Kier alpha value is -1.88. The standard InChI is InChI=1S/C11H12ClN5/c1-7-9(12)5-16-17(7)6-8-2-3-15-10(4-8)11(13)14/h2-5H,6H2,1H3,(H3,13,14). The second-order valence-corrected chi connectivity index (χ2v) is 4.11. The summed E-state index contributed by atoms with van der Waals surface area (Å²) in [4.78, 5) is 4.00. The maximum atomic E-state index is 7.33. The molecule has 0 radical (unpaired) electrons. The van der Waals surface area contributed by atoms with Gasteiger partial charge in [-0.1, -0.05) is 11.6 Å². The molecule has 0 aliphatic rings. The van der Waals surface area contributed by atoms with Crippen LogP contribution in [0, 0.1) is 12.3 Å². The number of nitrogens with zero attached hydrogens (tertiary/aromatic N) is 3. The highest BCUT2D eigenvalue weighted by Gasteiger charge is 2.06. The van der Waals surface area contributed by atoms with E-state index >= 15 is 0 Å². The van der Waals surface area contributed by atoms with Crippen LogP contribution in [0.2, 0.25) is 5.02 Å². The van der Waals surface area contributed by atoms with Gasteiger partial charge in [0, 0.05) is 6.20 Å². The number of amidine groups is 1. The van der Waals surface area contributed by atoms with E-state index in [1.807, 2.05) is 13.0 Å². The first-order chi connectivity index (χ1) is 8.08. The van der Waals surface area contributed by atoms with Crippen LogP contribution in [0.4, 0.5) is 0 Å². The Morgan fingerprint density at radius 2 is 2.35 bits per heavy atom. The van der Waals surface area contributed by atoms with E-state index in [-0.39, 0.29) is 5.84 Å². The van der Waals surface area contributed by atoms with Gasteiger partial charge in [-0.05, 0) is 24.6 Å². The molecule has 0 aliphatic heterocycles. The summed E-state index contributed by atoms with van der Waals surface area (Å²) in [5.74, 6) is -0.0398. The van der Waals surface area contributed by atoms with Crippen molar-refractivity contribution in [1.29, 1.82) is 5.41 Å². The molecular formula is C11H12ClN5. The molecule has 2 heterocycles. The van der Waals surface area contributed by atoms with Gasteiger partial charge >= 0.3 is 0 Å². The maximum Gasteiger partial charge on any atom is 0.141 e. The molecule has 3 N–H and O–H groups in total. The maximum absolute atomic E-state index is 7.33. The van der Waals surface area contributed by atoms with Crippen LogP contribution in [0.1, 0.15) is 17.0 Å². The predicted molar refractivity (Wildman–Crippen MR) is 66.3 cm³/mol. The van der Waals surface area contributed by atoms with Gasteiger partial charge in [-0.3, -0.25) is 15.1 Å². The Balaban J connectivity index is 2.27. The van der Waals surface area contributed by atoms with Crippen LogP contribution >= 0.6 is 11.6 Å². The normalized spacial score (nSPS) is 10.5. The molecule has 5 nitrogen and oxygen atoms in total. The van der Waals surface area contributed by atoms with E-state index in [0.717, 1.165) is 11.3 Å². The predicted octanol–water partition coefficient (Wildman–Crippen LogP) is 1.57. The fraction of sp³-hybridized carbons (Fsp3) is 0.182. The third-order valence-electron chi connectivity index (χ3n) is 2.48. The zero-order valence-corrected chi connectivity index (χ0v) is 10.1. The average molecular weight is 250 g/mol. The summed E-state index contributed by atoms with van der Waals surface area (Å²) in [6.07, 6.45) is 3.25. The lowest BCUT2D eigenvalue weighted by Crippen LogP contribution is -2.14. The first-order valence-electron chi connectivity index (χ1n) is 5.05. The van der Waals surface area contributed by atoms with Crippen molar-refractivity contribution < 1.29 is 0 Å². The van der Waals surface area contributed by atoms with Crippen molar-refractivity contribution in [3.8, 4) is 0 Å². The highest BCUT2D eigenvalue weighted by atomic mass is 35.5. The number of pyridine rings is 1. The summed E-state index contributed by atoms with van der Waals surface area (Å²) >= 11 is 5.93. The van der Waals surface area contributed by atoms with Crippen LogP contribution in [-0.4, -0.2) is 20.6 Å². The molecule has 0 amide bonds. The molecule has 0 bridgehead atoms. The molecule has 2 aromatic heterocycles. The fourth-order valence-electron chi connectivity index (χ4n) is 1.48. The van der Waals surface area contributed by atoms with Gasteiger partial charge in [0.25, 0.3) is 0 Å². The second kappa shape index (κ2) is 4.55. The van der Waals surface area contributed by atoms with Crippen molar-refractivity contribution in [2.24, 2.45) is 5.73 Å². The molecule has 0 saturated heterocycles. The number of rotatable bonds is 3. The molecule has 0 saturated carbocycles. The Morgan fingerprint density at radius 1 is 1.59 bits per heavy atom. The minimum Gasteiger partial charge on any atom is -0.382 e. The van der Waals surface area contributed by atoms with E-state index in [1.54, 1.807) is 23.1 Å². The number of aromatic nitrogens is 3. The number of nitrogens with one attached hydrogen (secondary N) is 1. The molecule has 2 rings (SSSR count). The Bertz CT molecular complexity index is 561. The summed E-state index contributed by atoms with van der Waals surface area (Å²) in [5, 5.41) is 12.1. The minimum atomic E-state index is -0.0398. The molecule has 0 unspecified atom stereocenters. The smallest absolute Gasteiger partial charge is 0.141 e. The van der Waals surface area contributed by atoms with E-state index in [0.29, 0.717) is 17.3 Å². The molecule has 17 heavy (non-hydrogen) atoms. The summed E-state index contributed by atoms with van der Waals surface area (Å²) in [7, 11) is 0. The average Bonchev–Trinajstić information content (AvgIpc) is 2.61. The third kappa shape index (κ3) is 2.45. The highest BCUT2D eigenvalue weighted by molar-refractivity contribution is 6.31. The molecule has 88 valence electrons. The zero-order valence-electron chi connectivity index (χ0n) is 9.31. The lowest BCUT2D eigenvalue weighted by Gasteiger charge is -2.06. The van der Waals surface area contributed by atoms with Crippen molar-refractivity contribution >= 4 is 17.4 Å². The lowest BCUT2D eigenvalue weighted by atomic mass is 10.2. The summed E-state index contributed by atoms with van der Waals surface area (Å²) in [5.41, 5.74) is 7.75. The van der Waals surface area contributed by atoms with E-state index in [4.69, 9.17) is 22.7 Å². The number of hydrogen-bond acceptors (Lipinski definition) is 3. The summed E-state index contributed by atoms with van der Waals surface area (Å²) in [6.45, 7) is 2.49. The molecule has 6 heteroatoms. The number of hydrogen-bond donors (Lipinski definition) is 2. The Labute approximate surface area is 104 Å². The van der Waals surface area contributed by atoms with Crippen molar-refractivity contribution in [3.63, 3.8) is 0 Å². The monoisotopic (exact) mass is 249 g/mol. The van der Waals surface area contributed by atoms with Crippen LogP contribution in [-0.2, 0) is 6.54 Å². The molecule has 0 spiro atoms. The van der Waals surface area contributed by atoms with Gasteiger partial charge in [-0.15, -0.1) is 0 Å². The minimum absolute atomic E-state index is 0.0398. The molecule has 0 aliphatic carbocycles. The van der Waals surface area contributed by atoms with E-state index in [2.05, 4.69) is 10.1 Å². The summed E-state index contributed by atoms with van der Waals surface area (Å²) in [6, 6.07) is 3.64. The molecule has 0 atom stereocenters. The van der Waals surface area contributed by atoms with Gasteiger partial charge in [0.15, 0.2) is 0 Å². The molecule has 0 aromatic carbocycles. The van der Waals surface area contributed by atoms with Gasteiger partial charge in [-0.2, -0.15) is 5.10 Å². The van der Waals surface area contributed by atoms with E-state index in [9.17, 15) is 0 Å². The first-order valence-corrected chi connectivity index (χ1v) is 5.43. The Kier molecular flexibility index (Phi) is 3.10. The van der Waals surface area contributed by atoms with E-state index in [1.165, 1.54) is 0 Å². The molecular weight excluding hydrogens is 238 g/mol. The van der Waals surface area contributed by atoms with Gasteiger partial charge < -0.3 is 5.73 Å². The van der Waals surface area contributed by atoms with Crippen LogP contribution in [0.15, 0.2) is 24.5 Å². The van der Waals surface area contributed by atoms with E-state index < -0.39 is 0 Å². The van der Waals surface area contributed by atoms with Crippen molar-refractivity contribution in [2.75, 3.05) is 0 Å². The third-order valence-corrected chi connectivity index (χ3v) is 2.85. The quantitative estimate of drug-likeness (QED) is 0.640. The molecule has 0 fully saturated rings. The van der Waals surface area contributed by atoms with Crippen LogP contribution in [0.3, 0.4) is 0 Å². The van der Waals surface area contributed by atoms with Crippen molar-refractivity contribution in [3.05, 3.63) is 46.5 Å².